The minimum Gasteiger partial charge on any atom is -0.465 e. The fourth-order valence-corrected chi connectivity index (χ4v) is 8.86. The third kappa shape index (κ3) is 3.38. The summed E-state index contributed by atoms with van der Waals surface area (Å²) in [5.41, 5.74) is 3.13. The Labute approximate surface area is 194 Å². The van der Waals surface area contributed by atoms with E-state index in [2.05, 4.69) is 4.90 Å². The number of ether oxygens (including phenoxy) is 1. The molecule has 0 unspecified atom stereocenters. The summed E-state index contributed by atoms with van der Waals surface area (Å²) in [5, 5.41) is 0. The molecule has 1 aromatic heterocycles. The molecular weight excluding hydrogens is 444 g/mol. The number of thiophene rings is 1. The van der Waals surface area contributed by atoms with Gasteiger partial charge < -0.3 is 4.74 Å². The van der Waals surface area contributed by atoms with E-state index in [4.69, 9.17) is 4.74 Å². The molecule has 3 aliphatic rings. The van der Waals surface area contributed by atoms with Crippen molar-refractivity contribution in [3.63, 3.8) is 0 Å². The van der Waals surface area contributed by atoms with E-state index in [0.717, 1.165) is 41.8 Å². The maximum Gasteiger partial charge on any atom is 0.323 e. The molecule has 1 saturated heterocycles. The van der Waals surface area contributed by atoms with Gasteiger partial charge in [0.05, 0.1) is 23.2 Å². The number of esters is 1. The molecule has 3 atom stereocenters. The summed E-state index contributed by atoms with van der Waals surface area (Å²) in [4.78, 5) is 17.5. The number of likely N-dealkylation sites (tertiary alicyclic amines) is 1. The molecule has 2 aromatic rings. The third-order valence-corrected chi connectivity index (χ3v) is 10.3. The van der Waals surface area contributed by atoms with Gasteiger partial charge in [-0.2, -0.15) is 0 Å². The monoisotopic (exact) mass is 474 g/mol. The van der Waals surface area contributed by atoms with Gasteiger partial charge in [0.1, 0.15) is 6.04 Å². The standard InChI is InChI=1S/C24H30N2O4S2/c1-4-30-24(27)19-13-16-14-26(32(28,29)17-11-9-15(2)10-12-17)22-18-7-5-6-8-20(18)31-23(22)21(16)25(19)3/h9-12,16,19,21H,4-8,13-14H2,1-3H3/t16-,19-,21-/m1/s1. The van der Waals surface area contributed by atoms with Crippen molar-refractivity contribution in [2.45, 2.75) is 62.9 Å². The molecule has 0 spiro atoms. The van der Waals surface area contributed by atoms with Crippen LogP contribution in [-0.2, 0) is 32.4 Å². The number of nitrogens with zero attached hydrogens (tertiary/aromatic N) is 2. The number of rotatable bonds is 4. The Morgan fingerprint density at radius 3 is 2.62 bits per heavy atom. The van der Waals surface area contributed by atoms with Crippen molar-refractivity contribution in [3.8, 4) is 0 Å². The van der Waals surface area contributed by atoms with Crippen LogP contribution in [0.2, 0.25) is 0 Å². The normalized spacial score (nSPS) is 25.2. The van der Waals surface area contributed by atoms with Crippen molar-refractivity contribution in [1.29, 1.82) is 0 Å². The molecule has 0 bridgehead atoms. The quantitative estimate of drug-likeness (QED) is 0.625. The number of anilines is 1. The number of sulfonamides is 1. The highest BCUT2D eigenvalue weighted by atomic mass is 32.2. The van der Waals surface area contributed by atoms with Crippen LogP contribution in [-0.4, -0.2) is 45.5 Å². The first kappa shape index (κ1) is 21.9. The summed E-state index contributed by atoms with van der Waals surface area (Å²) < 4.78 is 34.7. The van der Waals surface area contributed by atoms with Crippen LogP contribution in [0.3, 0.4) is 0 Å². The Bertz CT molecular complexity index is 1140. The van der Waals surface area contributed by atoms with Crippen molar-refractivity contribution >= 4 is 33.0 Å². The van der Waals surface area contributed by atoms with Crippen LogP contribution in [0.15, 0.2) is 29.2 Å². The topological polar surface area (TPSA) is 66.9 Å². The molecule has 1 aromatic carbocycles. The number of likely N-dealkylation sites (N-methyl/N-ethyl adjacent to an activating group) is 1. The lowest BCUT2D eigenvalue weighted by Gasteiger charge is -2.38. The molecule has 172 valence electrons. The van der Waals surface area contributed by atoms with Crippen molar-refractivity contribution in [2.75, 3.05) is 24.5 Å². The highest BCUT2D eigenvalue weighted by Gasteiger charge is 2.51. The van der Waals surface area contributed by atoms with Gasteiger partial charge in [0.25, 0.3) is 10.0 Å². The van der Waals surface area contributed by atoms with Crippen LogP contribution in [0.1, 0.15) is 53.1 Å². The van der Waals surface area contributed by atoms with E-state index in [0.29, 0.717) is 24.5 Å². The van der Waals surface area contributed by atoms with Crippen molar-refractivity contribution in [3.05, 3.63) is 45.1 Å². The molecule has 8 heteroatoms. The fraction of sp³-hybridized carbons (Fsp3) is 0.542. The molecule has 32 heavy (non-hydrogen) atoms. The lowest BCUT2D eigenvalue weighted by atomic mass is 9.90. The van der Waals surface area contributed by atoms with Crippen LogP contribution < -0.4 is 4.31 Å². The summed E-state index contributed by atoms with van der Waals surface area (Å²) in [6, 6.07) is 6.83. The van der Waals surface area contributed by atoms with Gasteiger partial charge in [-0.3, -0.25) is 14.0 Å². The molecule has 2 aliphatic heterocycles. The molecule has 0 amide bonds. The first-order chi connectivity index (χ1) is 15.3. The number of carbonyl (C=O) groups excluding carboxylic acids is 1. The second-order valence-corrected chi connectivity index (χ2v) is 12.1. The van der Waals surface area contributed by atoms with E-state index in [1.165, 1.54) is 10.4 Å². The van der Waals surface area contributed by atoms with E-state index in [9.17, 15) is 13.2 Å². The summed E-state index contributed by atoms with van der Waals surface area (Å²) in [7, 11) is -1.71. The van der Waals surface area contributed by atoms with Gasteiger partial charge in [-0.15, -0.1) is 11.3 Å². The molecule has 5 rings (SSSR count). The Balaban J connectivity index is 1.62. The second-order valence-electron chi connectivity index (χ2n) is 9.15. The van der Waals surface area contributed by atoms with Gasteiger partial charge in [0.2, 0.25) is 0 Å². The molecule has 3 heterocycles. The average molecular weight is 475 g/mol. The van der Waals surface area contributed by atoms with E-state index in [1.54, 1.807) is 27.8 Å². The van der Waals surface area contributed by atoms with Crippen LogP contribution >= 0.6 is 11.3 Å². The number of hydrogen-bond acceptors (Lipinski definition) is 6. The van der Waals surface area contributed by atoms with Gasteiger partial charge in [0, 0.05) is 22.2 Å². The maximum absolute atomic E-state index is 13.9. The highest BCUT2D eigenvalue weighted by Crippen LogP contribution is 2.55. The Hall–Kier alpha value is -1.90. The van der Waals surface area contributed by atoms with E-state index in [-0.39, 0.29) is 24.0 Å². The number of carbonyl (C=O) groups is 1. The van der Waals surface area contributed by atoms with Gasteiger partial charge in [-0.1, -0.05) is 17.7 Å². The second kappa shape index (κ2) is 8.15. The van der Waals surface area contributed by atoms with Crippen LogP contribution in [0, 0.1) is 12.8 Å². The SMILES string of the molecule is CCOC(=O)[C@H]1C[C@@H]2CN(S(=O)(=O)c3ccc(C)cc3)c3c(sc4c3CCCC4)[C@@H]2N1C. The Kier molecular flexibility index (Phi) is 5.58. The largest absolute Gasteiger partial charge is 0.465 e. The zero-order valence-corrected chi connectivity index (χ0v) is 20.5. The maximum atomic E-state index is 13.9. The van der Waals surface area contributed by atoms with Crippen molar-refractivity contribution in [2.24, 2.45) is 5.92 Å². The first-order valence-corrected chi connectivity index (χ1v) is 13.7. The molecule has 0 N–H and O–H groups in total. The lowest BCUT2D eigenvalue weighted by Crippen LogP contribution is -2.42. The Morgan fingerprint density at radius 2 is 1.91 bits per heavy atom. The smallest absolute Gasteiger partial charge is 0.323 e. The van der Waals surface area contributed by atoms with Gasteiger partial charge in [0.15, 0.2) is 0 Å². The lowest BCUT2D eigenvalue weighted by molar-refractivity contribution is -0.148. The molecular formula is C24H30N2O4S2. The zero-order valence-electron chi connectivity index (χ0n) is 18.8. The summed E-state index contributed by atoms with van der Waals surface area (Å²) in [5.74, 6) is -0.151. The van der Waals surface area contributed by atoms with Crippen LogP contribution in [0.25, 0.3) is 0 Å². The Morgan fingerprint density at radius 1 is 1.19 bits per heavy atom. The predicted octanol–water partition coefficient (Wildman–Crippen LogP) is 4.07. The molecule has 6 nitrogen and oxygen atoms in total. The number of aryl methyl sites for hydroxylation is 2. The predicted molar refractivity (Wildman–Crippen MR) is 126 cm³/mol. The highest BCUT2D eigenvalue weighted by molar-refractivity contribution is 7.92. The fourth-order valence-electron chi connectivity index (χ4n) is 5.59. The summed E-state index contributed by atoms with van der Waals surface area (Å²) in [6.07, 6.45) is 4.77. The van der Waals surface area contributed by atoms with Crippen LogP contribution in [0.5, 0.6) is 0 Å². The number of fused-ring (bicyclic) bond motifs is 5. The van der Waals surface area contributed by atoms with Gasteiger partial charge >= 0.3 is 5.97 Å². The van der Waals surface area contributed by atoms with Crippen molar-refractivity contribution in [1.82, 2.24) is 4.90 Å². The van der Waals surface area contributed by atoms with Gasteiger partial charge in [-0.25, -0.2) is 8.42 Å². The number of benzene rings is 1. The van der Waals surface area contributed by atoms with E-state index in [1.807, 2.05) is 33.0 Å². The van der Waals surface area contributed by atoms with Crippen molar-refractivity contribution < 1.29 is 17.9 Å². The first-order valence-electron chi connectivity index (χ1n) is 11.4. The van der Waals surface area contributed by atoms with E-state index < -0.39 is 10.0 Å². The molecule has 0 radical (unpaired) electrons. The van der Waals surface area contributed by atoms with Gasteiger partial charge in [-0.05, 0) is 70.7 Å². The minimum absolute atomic E-state index is 0.0551. The van der Waals surface area contributed by atoms with Crippen LogP contribution in [0.4, 0.5) is 5.69 Å². The zero-order chi connectivity index (χ0) is 22.6. The molecule has 0 saturated carbocycles. The molecule has 1 fully saturated rings. The van der Waals surface area contributed by atoms with E-state index >= 15 is 0 Å². The summed E-state index contributed by atoms with van der Waals surface area (Å²) in [6.45, 7) is 4.53. The number of hydrogen-bond donors (Lipinski definition) is 0. The third-order valence-electron chi connectivity index (χ3n) is 7.16. The molecule has 1 aliphatic carbocycles. The average Bonchev–Trinajstić information content (AvgIpc) is 3.31. The minimum atomic E-state index is -3.69. The summed E-state index contributed by atoms with van der Waals surface area (Å²) >= 11 is 1.76.